The lowest BCUT2D eigenvalue weighted by Gasteiger charge is -2.19. The summed E-state index contributed by atoms with van der Waals surface area (Å²) in [6.45, 7) is 5.96. The first kappa shape index (κ1) is 13.3. The van der Waals surface area contributed by atoms with Crippen molar-refractivity contribution in [3.8, 4) is 0 Å². The zero-order valence-corrected chi connectivity index (χ0v) is 12.3. The number of hydrogen-bond donors (Lipinski definition) is 0. The van der Waals surface area contributed by atoms with Crippen molar-refractivity contribution < 1.29 is 14.3 Å². The molecule has 1 atom stereocenters. The second kappa shape index (κ2) is 4.44. The van der Waals surface area contributed by atoms with E-state index in [1.165, 1.54) is 0 Å². The van der Waals surface area contributed by atoms with Crippen LogP contribution in [-0.2, 0) is 14.3 Å². The van der Waals surface area contributed by atoms with E-state index < -0.39 is 11.5 Å². The lowest BCUT2D eigenvalue weighted by atomic mass is 9.82. The molecule has 20 heavy (non-hydrogen) atoms. The van der Waals surface area contributed by atoms with Gasteiger partial charge in [-0.3, -0.25) is 9.59 Å². The third-order valence-corrected chi connectivity index (χ3v) is 4.68. The Balaban J connectivity index is 2.07. The number of carbonyl (C=O) groups is 2. The Kier molecular flexibility index (Phi) is 2.96. The molecule has 1 saturated carbocycles. The Morgan fingerprint density at radius 2 is 1.60 bits per heavy atom. The molecule has 1 aliphatic heterocycles. The molecule has 1 aromatic carbocycles. The van der Waals surface area contributed by atoms with Crippen LogP contribution in [-0.4, -0.2) is 17.4 Å². The number of benzene rings is 1. The summed E-state index contributed by atoms with van der Waals surface area (Å²) in [5.41, 5.74) is 3.21. The average molecular weight is 272 g/mol. The van der Waals surface area contributed by atoms with Crippen molar-refractivity contribution in [1.82, 2.24) is 0 Å². The maximum atomic E-state index is 12.8. The third kappa shape index (κ3) is 1.80. The van der Waals surface area contributed by atoms with Crippen LogP contribution in [0, 0.1) is 20.8 Å². The van der Waals surface area contributed by atoms with Crippen LogP contribution >= 0.6 is 0 Å². The lowest BCUT2D eigenvalue weighted by molar-refractivity contribution is -0.151. The molecule has 1 aliphatic carbocycles. The molecule has 2 fully saturated rings. The van der Waals surface area contributed by atoms with E-state index in [2.05, 4.69) is 0 Å². The van der Waals surface area contributed by atoms with Crippen LogP contribution in [0.5, 0.6) is 0 Å². The summed E-state index contributed by atoms with van der Waals surface area (Å²) < 4.78 is 5.54. The van der Waals surface area contributed by atoms with Gasteiger partial charge in [-0.25, -0.2) is 0 Å². The minimum atomic E-state index is -0.814. The van der Waals surface area contributed by atoms with E-state index in [1.54, 1.807) is 0 Å². The summed E-state index contributed by atoms with van der Waals surface area (Å²) in [6.07, 6.45) is 3.32. The maximum Gasteiger partial charge on any atom is 0.322 e. The molecule has 1 spiro atoms. The van der Waals surface area contributed by atoms with E-state index in [1.807, 2.05) is 32.9 Å². The van der Waals surface area contributed by atoms with Crippen molar-refractivity contribution in [1.29, 1.82) is 0 Å². The second-order valence-corrected chi connectivity index (χ2v) is 6.23. The van der Waals surface area contributed by atoms with Gasteiger partial charge >= 0.3 is 5.97 Å². The van der Waals surface area contributed by atoms with E-state index in [4.69, 9.17) is 4.74 Å². The first-order chi connectivity index (χ1) is 9.44. The molecule has 3 nitrogen and oxygen atoms in total. The molecule has 0 amide bonds. The van der Waals surface area contributed by atoms with Gasteiger partial charge in [-0.05, 0) is 63.1 Å². The van der Waals surface area contributed by atoms with Gasteiger partial charge in [0.25, 0.3) is 0 Å². The highest BCUT2D eigenvalue weighted by Gasteiger charge is 2.57. The maximum absolute atomic E-state index is 12.8. The van der Waals surface area contributed by atoms with Crippen molar-refractivity contribution in [3.05, 3.63) is 34.4 Å². The lowest BCUT2D eigenvalue weighted by Crippen LogP contribution is -2.33. The highest BCUT2D eigenvalue weighted by Crippen LogP contribution is 2.45. The number of rotatable bonds is 1. The van der Waals surface area contributed by atoms with E-state index >= 15 is 0 Å². The summed E-state index contributed by atoms with van der Waals surface area (Å²) in [5, 5.41) is 0. The Morgan fingerprint density at radius 1 is 1.05 bits per heavy atom. The van der Waals surface area contributed by atoms with Crippen LogP contribution in [0.25, 0.3) is 0 Å². The zero-order valence-electron chi connectivity index (χ0n) is 12.3. The summed E-state index contributed by atoms with van der Waals surface area (Å²) in [6, 6.07) is 4.06. The Bertz CT molecular complexity index is 571. The highest BCUT2D eigenvalue weighted by molar-refractivity contribution is 6.14. The summed E-state index contributed by atoms with van der Waals surface area (Å²) >= 11 is 0. The van der Waals surface area contributed by atoms with Crippen molar-refractivity contribution in [2.24, 2.45) is 0 Å². The quantitative estimate of drug-likeness (QED) is 0.582. The molecule has 2 aliphatic rings. The number of hydrogen-bond acceptors (Lipinski definition) is 3. The normalized spacial score (nSPS) is 24.4. The van der Waals surface area contributed by atoms with Crippen LogP contribution in [0.15, 0.2) is 12.1 Å². The average Bonchev–Trinajstić information content (AvgIpc) is 2.89. The summed E-state index contributed by atoms with van der Waals surface area (Å²) in [4.78, 5) is 25.1. The first-order valence-corrected chi connectivity index (χ1v) is 7.29. The fourth-order valence-corrected chi connectivity index (χ4v) is 3.86. The van der Waals surface area contributed by atoms with E-state index in [0.29, 0.717) is 12.8 Å². The van der Waals surface area contributed by atoms with Gasteiger partial charge in [-0.1, -0.05) is 17.7 Å². The monoisotopic (exact) mass is 272 g/mol. The Hall–Kier alpha value is -1.64. The van der Waals surface area contributed by atoms with Gasteiger partial charge in [-0.15, -0.1) is 0 Å². The van der Waals surface area contributed by atoms with Crippen LogP contribution in [0.4, 0.5) is 0 Å². The largest absolute Gasteiger partial charge is 0.450 e. The molecule has 106 valence electrons. The van der Waals surface area contributed by atoms with Crippen LogP contribution < -0.4 is 0 Å². The third-order valence-electron chi connectivity index (χ3n) is 4.68. The van der Waals surface area contributed by atoms with Crippen molar-refractivity contribution in [3.63, 3.8) is 0 Å². The molecule has 0 N–H and O–H groups in total. The number of carbonyl (C=O) groups excluding carboxylic acids is 2. The SMILES string of the molecule is Cc1cc(C)c(C2C(=O)OC3(CCCC3)C2=O)c(C)c1. The highest BCUT2D eigenvalue weighted by atomic mass is 16.6. The molecule has 1 heterocycles. The van der Waals surface area contributed by atoms with E-state index in [9.17, 15) is 9.59 Å². The van der Waals surface area contributed by atoms with Crippen LogP contribution in [0.3, 0.4) is 0 Å². The fraction of sp³-hybridized carbons (Fsp3) is 0.529. The minimum Gasteiger partial charge on any atom is -0.450 e. The standard InChI is InChI=1S/C17H20O3/c1-10-8-11(2)13(12(3)9-10)14-15(18)17(20-16(14)19)6-4-5-7-17/h8-9,14H,4-7H2,1-3H3. The predicted molar refractivity (Wildman–Crippen MR) is 75.7 cm³/mol. The van der Waals surface area contributed by atoms with Gasteiger partial charge in [0.15, 0.2) is 11.4 Å². The van der Waals surface area contributed by atoms with Gasteiger partial charge < -0.3 is 4.74 Å². The summed E-state index contributed by atoms with van der Waals surface area (Å²) in [5.74, 6) is -1.09. The fourth-order valence-electron chi connectivity index (χ4n) is 3.86. The molecule has 0 radical (unpaired) electrons. The smallest absolute Gasteiger partial charge is 0.322 e. The van der Waals surface area contributed by atoms with Crippen LogP contribution in [0.2, 0.25) is 0 Å². The van der Waals surface area contributed by atoms with Crippen molar-refractivity contribution in [2.45, 2.75) is 58.0 Å². The van der Waals surface area contributed by atoms with Gasteiger partial charge in [0, 0.05) is 0 Å². The van der Waals surface area contributed by atoms with Gasteiger partial charge in [-0.2, -0.15) is 0 Å². The molecular weight excluding hydrogens is 252 g/mol. The van der Waals surface area contributed by atoms with Crippen molar-refractivity contribution >= 4 is 11.8 Å². The number of esters is 1. The predicted octanol–water partition coefficient (Wildman–Crippen LogP) is 3.13. The first-order valence-electron chi connectivity index (χ1n) is 7.29. The Labute approximate surface area is 119 Å². The van der Waals surface area contributed by atoms with Crippen LogP contribution in [0.1, 0.15) is 53.9 Å². The number of ether oxygens (including phenoxy) is 1. The topological polar surface area (TPSA) is 43.4 Å². The number of aryl methyl sites for hydroxylation is 3. The molecule has 0 aromatic heterocycles. The van der Waals surface area contributed by atoms with Gasteiger partial charge in [0.2, 0.25) is 0 Å². The molecule has 3 rings (SSSR count). The van der Waals surface area contributed by atoms with E-state index in [0.717, 1.165) is 35.1 Å². The van der Waals surface area contributed by atoms with Gasteiger partial charge in [0.1, 0.15) is 5.92 Å². The number of Topliss-reactive ketones (excluding diaryl/α,β-unsaturated/α-hetero) is 1. The molecule has 0 bridgehead atoms. The molecule has 1 saturated heterocycles. The molecule has 1 aromatic rings. The van der Waals surface area contributed by atoms with E-state index in [-0.39, 0.29) is 11.8 Å². The number of ketones is 1. The second-order valence-electron chi connectivity index (χ2n) is 6.23. The molecule has 1 unspecified atom stereocenters. The minimum absolute atomic E-state index is 0.0185. The molecule has 3 heteroatoms. The molecular formula is C17H20O3. The Morgan fingerprint density at radius 3 is 2.15 bits per heavy atom. The zero-order chi connectivity index (χ0) is 14.5. The summed E-state index contributed by atoms with van der Waals surface area (Å²) in [7, 11) is 0. The van der Waals surface area contributed by atoms with Crippen molar-refractivity contribution in [2.75, 3.05) is 0 Å². The van der Waals surface area contributed by atoms with Gasteiger partial charge in [0.05, 0.1) is 0 Å².